The van der Waals surface area contributed by atoms with Gasteiger partial charge in [0.15, 0.2) is 0 Å². The van der Waals surface area contributed by atoms with Crippen LogP contribution in [0.25, 0.3) is 0 Å². The molecule has 1 saturated heterocycles. The van der Waals surface area contributed by atoms with Gasteiger partial charge >= 0.3 is 18.4 Å². The van der Waals surface area contributed by atoms with Gasteiger partial charge in [-0.15, -0.1) is 0 Å². The summed E-state index contributed by atoms with van der Waals surface area (Å²) < 4.78 is 93.9. The fourth-order valence-corrected chi connectivity index (χ4v) is 4.87. The van der Waals surface area contributed by atoms with Crippen molar-refractivity contribution in [3.05, 3.63) is 106 Å². The van der Waals surface area contributed by atoms with Crippen molar-refractivity contribution < 1.29 is 40.3 Å². The van der Waals surface area contributed by atoms with Gasteiger partial charge in [-0.2, -0.15) is 26.3 Å². The Morgan fingerprint density at radius 1 is 0.854 bits per heavy atom. The molecule has 6 nitrogen and oxygen atoms in total. The van der Waals surface area contributed by atoms with Crippen LogP contribution in [0, 0.1) is 5.82 Å². The van der Waals surface area contributed by atoms with Crippen molar-refractivity contribution in [3.63, 3.8) is 0 Å². The Hall–Kier alpha value is -4.42. The van der Waals surface area contributed by atoms with Crippen molar-refractivity contribution in [2.45, 2.75) is 24.4 Å². The first-order valence-corrected chi connectivity index (χ1v) is 12.4. The van der Waals surface area contributed by atoms with Crippen LogP contribution in [0.15, 0.2) is 77.8 Å². The number of urea groups is 1. The molecule has 2 aliphatic heterocycles. The van der Waals surface area contributed by atoms with E-state index in [1.807, 2.05) is 0 Å². The van der Waals surface area contributed by atoms with E-state index in [4.69, 9.17) is 0 Å². The third kappa shape index (κ3) is 5.74. The summed E-state index contributed by atoms with van der Waals surface area (Å²) >= 11 is 0. The minimum absolute atomic E-state index is 0.0751. The number of alkyl halides is 6. The zero-order chi connectivity index (χ0) is 29.5. The van der Waals surface area contributed by atoms with E-state index in [0.717, 1.165) is 47.4 Å². The summed E-state index contributed by atoms with van der Waals surface area (Å²) in [6.07, 6.45) is -9.23. The monoisotopic (exact) mass is 578 g/mol. The van der Waals surface area contributed by atoms with Gasteiger partial charge in [0.1, 0.15) is 24.2 Å². The van der Waals surface area contributed by atoms with E-state index >= 15 is 0 Å². The molecule has 3 aromatic carbocycles. The summed E-state index contributed by atoms with van der Waals surface area (Å²) in [4.78, 5) is 33.0. The second-order valence-electron chi connectivity index (χ2n) is 9.52. The Bertz CT molecular complexity index is 1490. The maximum absolute atomic E-state index is 14.4. The van der Waals surface area contributed by atoms with Crippen LogP contribution in [0.4, 0.5) is 35.5 Å². The first-order chi connectivity index (χ1) is 19.3. The number of aliphatic imine (C=N–C) groups is 1. The molecule has 41 heavy (non-hydrogen) atoms. The van der Waals surface area contributed by atoms with E-state index in [-0.39, 0.29) is 42.2 Å². The van der Waals surface area contributed by atoms with Crippen LogP contribution in [0.5, 0.6) is 0 Å². The molecule has 3 aromatic rings. The fourth-order valence-electron chi connectivity index (χ4n) is 4.87. The molecule has 0 aromatic heterocycles. The van der Waals surface area contributed by atoms with Crippen molar-refractivity contribution in [3.8, 4) is 0 Å². The van der Waals surface area contributed by atoms with Crippen LogP contribution in [0.2, 0.25) is 0 Å². The minimum atomic E-state index is -4.63. The van der Waals surface area contributed by atoms with E-state index in [1.54, 1.807) is 0 Å². The Balaban J connectivity index is 1.66. The number of nitrogens with one attached hydrogen (secondary N) is 1. The second-order valence-corrected chi connectivity index (χ2v) is 9.52. The quantitative estimate of drug-likeness (QED) is 0.390. The Morgan fingerprint density at radius 3 is 2.02 bits per heavy atom. The maximum atomic E-state index is 14.4. The lowest BCUT2D eigenvalue weighted by molar-refractivity contribution is -0.138. The number of rotatable bonds is 3. The van der Waals surface area contributed by atoms with Crippen molar-refractivity contribution in [2.75, 3.05) is 19.6 Å². The van der Waals surface area contributed by atoms with E-state index in [0.29, 0.717) is 0 Å². The molecule has 3 amide bonds. The predicted molar refractivity (Wildman–Crippen MR) is 133 cm³/mol. The lowest BCUT2D eigenvalue weighted by atomic mass is 9.93. The lowest BCUT2D eigenvalue weighted by Crippen LogP contribution is -2.55. The fraction of sp³-hybridized carbons (Fsp3) is 0.250. The first kappa shape index (κ1) is 28.1. The highest BCUT2D eigenvalue weighted by atomic mass is 19.4. The number of amidine groups is 1. The van der Waals surface area contributed by atoms with Gasteiger partial charge in [-0.3, -0.25) is 14.7 Å². The van der Waals surface area contributed by atoms with Gasteiger partial charge < -0.3 is 10.2 Å². The summed E-state index contributed by atoms with van der Waals surface area (Å²) in [6.45, 7) is -0.0449. The van der Waals surface area contributed by atoms with Gasteiger partial charge in [0.2, 0.25) is 5.91 Å². The maximum Gasteiger partial charge on any atom is 0.416 e. The average molecular weight is 578 g/mol. The normalized spacial score (nSPS) is 19.7. The summed E-state index contributed by atoms with van der Waals surface area (Å²) in [5, 5.41) is 2.59. The zero-order valence-corrected chi connectivity index (χ0v) is 21.0. The number of nitrogens with zero attached hydrogens (tertiary/aromatic N) is 3. The molecule has 1 fully saturated rings. The molecule has 0 spiro atoms. The molecule has 214 valence electrons. The Morgan fingerprint density at radius 2 is 1.46 bits per heavy atom. The third-order valence-corrected chi connectivity index (χ3v) is 6.82. The number of amides is 3. The van der Waals surface area contributed by atoms with Gasteiger partial charge in [-0.25, -0.2) is 9.18 Å². The van der Waals surface area contributed by atoms with Crippen LogP contribution in [0.3, 0.4) is 0 Å². The molecule has 0 radical (unpaired) electrons. The molecule has 0 bridgehead atoms. The number of halogens is 7. The van der Waals surface area contributed by atoms with E-state index in [2.05, 4.69) is 10.3 Å². The number of carbonyl (C=O) groups is 2. The number of hydrogen-bond acceptors (Lipinski definition) is 3. The Kier molecular flexibility index (Phi) is 7.22. The molecule has 2 aliphatic rings. The topological polar surface area (TPSA) is 65.0 Å². The SMILES string of the molecule is O=C1CN(C(=O)N2C(c3ccc(C(F)(F)F)cc3)=NC(c3ccc(C(F)(F)F)cc3)C2c2cccc(F)c2)CCN1. The molecular formula is C28H21F7N4O2. The number of piperazine rings is 1. The molecule has 5 rings (SSSR count). The average Bonchev–Trinajstić information content (AvgIpc) is 3.32. The minimum Gasteiger partial charge on any atom is -0.353 e. The third-order valence-electron chi connectivity index (χ3n) is 6.82. The highest BCUT2D eigenvalue weighted by Gasteiger charge is 2.45. The van der Waals surface area contributed by atoms with Crippen LogP contribution >= 0.6 is 0 Å². The molecule has 0 saturated carbocycles. The van der Waals surface area contributed by atoms with Gasteiger partial charge in [0.05, 0.1) is 17.2 Å². The van der Waals surface area contributed by atoms with Crippen molar-refractivity contribution in [1.29, 1.82) is 0 Å². The van der Waals surface area contributed by atoms with Gasteiger partial charge in [-0.05, 0) is 47.5 Å². The lowest BCUT2D eigenvalue weighted by Gasteiger charge is -2.35. The molecular weight excluding hydrogens is 557 g/mol. The molecule has 2 unspecified atom stereocenters. The number of carbonyl (C=O) groups excluding carboxylic acids is 2. The number of hydrogen-bond donors (Lipinski definition) is 1. The smallest absolute Gasteiger partial charge is 0.353 e. The molecule has 2 heterocycles. The summed E-state index contributed by atoms with van der Waals surface area (Å²) in [5.41, 5.74) is -1.24. The van der Waals surface area contributed by atoms with Crippen LogP contribution in [-0.2, 0) is 17.1 Å². The summed E-state index contributed by atoms with van der Waals surface area (Å²) in [5.74, 6) is -1.16. The molecule has 13 heteroatoms. The highest BCUT2D eigenvalue weighted by Crippen LogP contribution is 2.45. The highest BCUT2D eigenvalue weighted by molar-refractivity contribution is 6.09. The van der Waals surface area contributed by atoms with Crippen LogP contribution < -0.4 is 5.32 Å². The van der Waals surface area contributed by atoms with E-state index in [1.165, 1.54) is 35.2 Å². The van der Waals surface area contributed by atoms with Crippen molar-refractivity contribution in [2.24, 2.45) is 4.99 Å². The summed E-state index contributed by atoms with van der Waals surface area (Å²) in [7, 11) is 0. The first-order valence-electron chi connectivity index (χ1n) is 12.4. The molecule has 2 atom stereocenters. The summed E-state index contributed by atoms with van der Waals surface area (Å²) in [6, 6.07) is 10.3. The molecule has 1 N–H and O–H groups in total. The van der Waals surface area contributed by atoms with Gasteiger partial charge in [-0.1, -0.05) is 36.4 Å². The molecule has 0 aliphatic carbocycles. The number of benzene rings is 3. The van der Waals surface area contributed by atoms with Crippen molar-refractivity contribution >= 4 is 17.8 Å². The van der Waals surface area contributed by atoms with Gasteiger partial charge in [0, 0.05) is 18.7 Å². The largest absolute Gasteiger partial charge is 0.416 e. The van der Waals surface area contributed by atoms with Crippen LogP contribution in [-0.4, -0.2) is 47.2 Å². The van der Waals surface area contributed by atoms with Gasteiger partial charge in [0.25, 0.3) is 0 Å². The van der Waals surface area contributed by atoms with Crippen LogP contribution in [0.1, 0.15) is 39.9 Å². The predicted octanol–water partition coefficient (Wildman–Crippen LogP) is 5.96. The zero-order valence-electron chi connectivity index (χ0n) is 21.0. The Labute approximate surface area is 229 Å². The van der Waals surface area contributed by atoms with E-state index < -0.39 is 53.3 Å². The standard InChI is InChI=1S/C28H21F7N4O2/c29-21-3-1-2-18(14-21)24-23(16-4-8-19(9-5-16)27(30,31)32)37-25(17-6-10-20(11-7-17)28(33,34)35)39(24)26(41)38-13-12-36-22(40)15-38/h1-11,14,23-24H,12-13,15H2,(H,36,40). The van der Waals surface area contributed by atoms with E-state index in [9.17, 15) is 40.3 Å². The van der Waals surface area contributed by atoms with Crippen molar-refractivity contribution in [1.82, 2.24) is 15.1 Å². The second kappa shape index (κ2) is 10.5.